The van der Waals surface area contributed by atoms with Crippen molar-refractivity contribution in [2.75, 3.05) is 0 Å². The van der Waals surface area contributed by atoms with Crippen LogP contribution in [0.5, 0.6) is 5.75 Å². The van der Waals surface area contributed by atoms with Crippen LogP contribution in [0.25, 0.3) is 0 Å². The lowest BCUT2D eigenvalue weighted by Gasteiger charge is -2.09. The molecule has 2 aromatic rings. The first kappa shape index (κ1) is 14.8. The molecule has 0 aliphatic carbocycles. The standard InChI is InChI=1S/C17H16O4/c1-10-8-14(9-11(2)12(10)3)17(20)21-15-6-4-13(5-7-15)16(18)19/h4-9H,1-3H3,(H,18,19). The van der Waals surface area contributed by atoms with Crippen molar-refractivity contribution in [1.82, 2.24) is 0 Å². The van der Waals surface area contributed by atoms with Gasteiger partial charge in [-0.15, -0.1) is 0 Å². The van der Waals surface area contributed by atoms with Crippen LogP contribution >= 0.6 is 0 Å². The number of carboxylic acid groups (broad SMARTS) is 1. The van der Waals surface area contributed by atoms with E-state index in [1.165, 1.54) is 24.3 Å². The highest BCUT2D eigenvalue weighted by molar-refractivity contribution is 5.92. The largest absolute Gasteiger partial charge is 0.478 e. The van der Waals surface area contributed by atoms with E-state index in [9.17, 15) is 9.59 Å². The van der Waals surface area contributed by atoms with Crippen molar-refractivity contribution < 1.29 is 19.4 Å². The van der Waals surface area contributed by atoms with E-state index >= 15 is 0 Å². The molecule has 0 aromatic heterocycles. The van der Waals surface area contributed by atoms with Gasteiger partial charge < -0.3 is 9.84 Å². The van der Waals surface area contributed by atoms with E-state index in [4.69, 9.17) is 9.84 Å². The highest BCUT2D eigenvalue weighted by Gasteiger charge is 2.12. The van der Waals surface area contributed by atoms with Crippen molar-refractivity contribution in [3.8, 4) is 5.75 Å². The predicted octanol–water partition coefficient (Wildman–Crippen LogP) is 3.53. The molecule has 0 saturated carbocycles. The molecule has 0 fully saturated rings. The highest BCUT2D eigenvalue weighted by Crippen LogP contribution is 2.18. The summed E-state index contributed by atoms with van der Waals surface area (Å²) >= 11 is 0. The van der Waals surface area contributed by atoms with Crippen LogP contribution in [-0.4, -0.2) is 17.0 Å². The molecular weight excluding hydrogens is 268 g/mol. The van der Waals surface area contributed by atoms with Crippen LogP contribution in [-0.2, 0) is 0 Å². The van der Waals surface area contributed by atoms with Gasteiger partial charge in [0, 0.05) is 0 Å². The van der Waals surface area contributed by atoms with Crippen LogP contribution in [0.15, 0.2) is 36.4 Å². The van der Waals surface area contributed by atoms with Gasteiger partial charge in [-0.2, -0.15) is 0 Å². The monoisotopic (exact) mass is 284 g/mol. The molecule has 0 amide bonds. The van der Waals surface area contributed by atoms with Gasteiger partial charge in [-0.25, -0.2) is 9.59 Å². The molecule has 0 heterocycles. The lowest BCUT2D eigenvalue weighted by Crippen LogP contribution is -2.10. The number of hydrogen-bond donors (Lipinski definition) is 1. The molecule has 0 aliphatic rings. The van der Waals surface area contributed by atoms with Gasteiger partial charge in [0.25, 0.3) is 0 Å². The number of esters is 1. The fraction of sp³-hybridized carbons (Fsp3) is 0.176. The topological polar surface area (TPSA) is 63.6 Å². The number of carbonyl (C=O) groups excluding carboxylic acids is 1. The maximum Gasteiger partial charge on any atom is 0.343 e. The van der Waals surface area contributed by atoms with Crippen molar-refractivity contribution in [1.29, 1.82) is 0 Å². The van der Waals surface area contributed by atoms with Gasteiger partial charge in [0.1, 0.15) is 5.75 Å². The summed E-state index contributed by atoms with van der Waals surface area (Å²) in [6, 6.07) is 9.31. The van der Waals surface area contributed by atoms with Crippen molar-refractivity contribution in [3.05, 3.63) is 64.2 Å². The minimum Gasteiger partial charge on any atom is -0.478 e. The number of aromatic carboxylic acids is 1. The molecule has 0 unspecified atom stereocenters. The fourth-order valence-electron chi connectivity index (χ4n) is 1.99. The molecule has 2 aromatic carbocycles. The zero-order chi connectivity index (χ0) is 15.6. The first-order valence-corrected chi connectivity index (χ1v) is 6.52. The van der Waals surface area contributed by atoms with Gasteiger partial charge in [0.05, 0.1) is 11.1 Å². The van der Waals surface area contributed by atoms with Gasteiger partial charge in [-0.1, -0.05) is 0 Å². The van der Waals surface area contributed by atoms with E-state index in [0.29, 0.717) is 11.3 Å². The second-order valence-electron chi connectivity index (χ2n) is 4.95. The Bertz CT molecular complexity index is 676. The minimum absolute atomic E-state index is 0.150. The van der Waals surface area contributed by atoms with Crippen molar-refractivity contribution in [3.63, 3.8) is 0 Å². The molecule has 0 saturated heterocycles. The molecule has 1 N–H and O–H groups in total. The Labute approximate surface area is 123 Å². The van der Waals surface area contributed by atoms with E-state index in [-0.39, 0.29) is 5.56 Å². The van der Waals surface area contributed by atoms with E-state index in [1.54, 1.807) is 12.1 Å². The quantitative estimate of drug-likeness (QED) is 0.691. The molecule has 0 atom stereocenters. The Balaban J connectivity index is 2.20. The first-order chi connectivity index (χ1) is 9.88. The highest BCUT2D eigenvalue weighted by atomic mass is 16.5. The maximum absolute atomic E-state index is 12.1. The van der Waals surface area contributed by atoms with Crippen LogP contribution in [0.3, 0.4) is 0 Å². The summed E-state index contributed by atoms with van der Waals surface area (Å²) < 4.78 is 5.25. The Morgan fingerprint density at radius 1 is 0.905 bits per heavy atom. The predicted molar refractivity (Wildman–Crippen MR) is 79.0 cm³/mol. The normalized spacial score (nSPS) is 10.2. The zero-order valence-corrected chi connectivity index (χ0v) is 12.1. The molecule has 2 rings (SSSR count). The van der Waals surface area contributed by atoms with Gasteiger partial charge >= 0.3 is 11.9 Å². The Kier molecular flexibility index (Phi) is 4.08. The number of carboxylic acids is 1. The summed E-state index contributed by atoms with van der Waals surface area (Å²) in [5.74, 6) is -1.15. The molecular formula is C17H16O4. The molecule has 0 spiro atoms. The Morgan fingerprint density at radius 2 is 1.43 bits per heavy atom. The number of ether oxygens (including phenoxy) is 1. The van der Waals surface area contributed by atoms with Crippen molar-refractivity contribution >= 4 is 11.9 Å². The van der Waals surface area contributed by atoms with Crippen LogP contribution in [0.2, 0.25) is 0 Å². The van der Waals surface area contributed by atoms with E-state index in [0.717, 1.165) is 16.7 Å². The van der Waals surface area contributed by atoms with Crippen LogP contribution in [0, 0.1) is 20.8 Å². The fourth-order valence-corrected chi connectivity index (χ4v) is 1.99. The number of benzene rings is 2. The molecule has 4 nitrogen and oxygen atoms in total. The Hall–Kier alpha value is -2.62. The van der Waals surface area contributed by atoms with Gasteiger partial charge in [-0.3, -0.25) is 0 Å². The molecule has 0 aliphatic heterocycles. The van der Waals surface area contributed by atoms with Gasteiger partial charge in [0.15, 0.2) is 0 Å². The average molecular weight is 284 g/mol. The Morgan fingerprint density at radius 3 is 1.90 bits per heavy atom. The van der Waals surface area contributed by atoms with E-state index in [2.05, 4.69) is 0 Å². The van der Waals surface area contributed by atoms with Gasteiger partial charge in [0.2, 0.25) is 0 Å². The third kappa shape index (κ3) is 3.28. The number of aryl methyl sites for hydroxylation is 2. The van der Waals surface area contributed by atoms with E-state index < -0.39 is 11.9 Å². The van der Waals surface area contributed by atoms with Crippen molar-refractivity contribution in [2.45, 2.75) is 20.8 Å². The smallest absolute Gasteiger partial charge is 0.343 e. The van der Waals surface area contributed by atoms with Crippen LogP contribution < -0.4 is 4.74 Å². The summed E-state index contributed by atoms with van der Waals surface area (Å²) in [4.78, 5) is 22.9. The summed E-state index contributed by atoms with van der Waals surface area (Å²) in [5.41, 5.74) is 3.85. The number of hydrogen-bond acceptors (Lipinski definition) is 3. The maximum atomic E-state index is 12.1. The molecule has 4 heteroatoms. The molecule has 0 bridgehead atoms. The first-order valence-electron chi connectivity index (χ1n) is 6.52. The summed E-state index contributed by atoms with van der Waals surface area (Å²) in [6.45, 7) is 5.89. The van der Waals surface area contributed by atoms with E-state index in [1.807, 2.05) is 20.8 Å². The third-order valence-electron chi connectivity index (χ3n) is 3.47. The molecule has 108 valence electrons. The number of carbonyl (C=O) groups is 2. The second-order valence-corrected chi connectivity index (χ2v) is 4.95. The lowest BCUT2D eigenvalue weighted by atomic mass is 10.0. The zero-order valence-electron chi connectivity index (χ0n) is 12.1. The van der Waals surface area contributed by atoms with Gasteiger partial charge in [-0.05, 0) is 73.9 Å². The minimum atomic E-state index is -1.02. The summed E-state index contributed by atoms with van der Waals surface area (Å²) in [6.07, 6.45) is 0. The van der Waals surface area contributed by atoms with Crippen LogP contribution in [0.4, 0.5) is 0 Å². The summed E-state index contributed by atoms with van der Waals surface area (Å²) in [5, 5.41) is 8.81. The average Bonchev–Trinajstić information content (AvgIpc) is 2.44. The number of rotatable bonds is 3. The molecule has 21 heavy (non-hydrogen) atoms. The van der Waals surface area contributed by atoms with Crippen LogP contribution in [0.1, 0.15) is 37.4 Å². The lowest BCUT2D eigenvalue weighted by molar-refractivity contribution is 0.0696. The third-order valence-corrected chi connectivity index (χ3v) is 3.47. The summed E-state index contributed by atoms with van der Waals surface area (Å²) in [7, 11) is 0. The SMILES string of the molecule is Cc1cc(C(=O)Oc2ccc(C(=O)O)cc2)cc(C)c1C. The van der Waals surface area contributed by atoms with Crippen molar-refractivity contribution in [2.24, 2.45) is 0 Å². The molecule has 0 radical (unpaired) electrons. The second kappa shape index (κ2) is 5.79.